The third kappa shape index (κ3) is 1.79. The number of rotatable bonds is 2. The lowest BCUT2D eigenvalue weighted by Gasteiger charge is -1.90. The van der Waals surface area contributed by atoms with Crippen molar-refractivity contribution in [3.05, 3.63) is 15.0 Å². The predicted molar refractivity (Wildman–Crippen MR) is 64.8 cm³/mol. The lowest BCUT2D eigenvalue weighted by molar-refractivity contribution is 0.111. The van der Waals surface area contributed by atoms with E-state index in [9.17, 15) is 4.79 Å². The van der Waals surface area contributed by atoms with E-state index >= 15 is 0 Å². The highest BCUT2D eigenvalue weighted by atomic mass is 127. The fourth-order valence-electron chi connectivity index (χ4n) is 0.860. The van der Waals surface area contributed by atoms with Crippen LogP contribution in [0.1, 0.15) is 16.2 Å². The number of hydrogen-bond acceptors (Lipinski definition) is 1. The number of aromatic amines is 1. The second-order valence-corrected chi connectivity index (χ2v) is 4.05. The average Bonchev–Trinajstić information content (AvgIpc) is 2.30. The summed E-state index contributed by atoms with van der Waals surface area (Å²) in [7, 11) is 2.03. The number of hydrogen-bond donors (Lipinski definition) is 1. The minimum absolute atomic E-state index is 0.703. The molecular weight excluding hydrogens is 367 g/mol. The van der Waals surface area contributed by atoms with Crippen LogP contribution in [0, 0.1) is 3.57 Å². The van der Waals surface area contributed by atoms with Crippen LogP contribution in [0.15, 0.2) is 0 Å². The van der Waals surface area contributed by atoms with Gasteiger partial charge in [-0.05, 0) is 22.6 Å². The summed E-state index contributed by atoms with van der Waals surface area (Å²) in [5, 5.41) is 0. The van der Waals surface area contributed by atoms with Gasteiger partial charge in [0.1, 0.15) is 7.85 Å². The van der Waals surface area contributed by atoms with Crippen molar-refractivity contribution >= 4 is 64.8 Å². The van der Waals surface area contributed by atoms with Gasteiger partial charge in [0, 0.05) is 13.7 Å². The highest BCUT2D eigenvalue weighted by Crippen LogP contribution is 2.10. The van der Waals surface area contributed by atoms with Crippen molar-refractivity contribution in [3.8, 4) is 0 Å². The van der Waals surface area contributed by atoms with Crippen molar-refractivity contribution in [1.29, 1.82) is 0 Å². The van der Waals surface area contributed by atoms with Gasteiger partial charge in [0.15, 0.2) is 6.29 Å². The zero-order chi connectivity index (χ0) is 8.43. The highest BCUT2D eigenvalue weighted by Gasteiger charge is 2.08. The molecule has 2 nitrogen and oxygen atoms in total. The molecule has 0 fully saturated rings. The molecule has 1 aromatic rings. The Hall–Kier alpha value is 0.475. The summed E-state index contributed by atoms with van der Waals surface area (Å²) >= 11 is 4.46. The first-order chi connectivity index (χ1) is 5.20. The zero-order valence-electron chi connectivity index (χ0n) is 5.95. The van der Waals surface area contributed by atoms with Crippen molar-refractivity contribution in [2.75, 3.05) is 0 Å². The minimum atomic E-state index is 0.703. The molecule has 1 heterocycles. The molecular formula is C6H6BI2NO. The SMILES string of the molecule is Bc1c(CI)[nH]c(C=O)c1I. The van der Waals surface area contributed by atoms with Crippen LogP contribution in [0.2, 0.25) is 0 Å². The van der Waals surface area contributed by atoms with E-state index in [0.717, 1.165) is 20.0 Å². The van der Waals surface area contributed by atoms with E-state index in [4.69, 9.17) is 0 Å². The molecule has 0 aliphatic heterocycles. The molecule has 11 heavy (non-hydrogen) atoms. The van der Waals surface area contributed by atoms with Gasteiger partial charge in [-0.1, -0.05) is 28.1 Å². The van der Waals surface area contributed by atoms with Crippen molar-refractivity contribution < 1.29 is 4.79 Å². The average molecular weight is 373 g/mol. The second-order valence-electron chi connectivity index (χ2n) is 2.21. The topological polar surface area (TPSA) is 32.9 Å². The molecule has 0 aliphatic carbocycles. The fourth-order valence-corrected chi connectivity index (χ4v) is 2.21. The molecule has 0 bridgehead atoms. The van der Waals surface area contributed by atoms with Crippen LogP contribution in [-0.2, 0) is 4.43 Å². The quantitative estimate of drug-likeness (QED) is 0.351. The maximum Gasteiger partial charge on any atom is 0.167 e. The van der Waals surface area contributed by atoms with Gasteiger partial charge in [-0.15, -0.1) is 0 Å². The van der Waals surface area contributed by atoms with E-state index in [2.05, 4.69) is 50.2 Å². The monoisotopic (exact) mass is 373 g/mol. The van der Waals surface area contributed by atoms with Gasteiger partial charge in [-0.2, -0.15) is 0 Å². The largest absolute Gasteiger partial charge is 0.355 e. The normalized spacial score (nSPS) is 10.0. The molecule has 58 valence electrons. The van der Waals surface area contributed by atoms with E-state index < -0.39 is 0 Å². The van der Waals surface area contributed by atoms with Gasteiger partial charge < -0.3 is 4.98 Å². The molecule has 0 saturated carbocycles. The highest BCUT2D eigenvalue weighted by molar-refractivity contribution is 14.1. The maximum absolute atomic E-state index is 10.5. The van der Waals surface area contributed by atoms with Crippen molar-refractivity contribution in [2.45, 2.75) is 4.43 Å². The number of H-pyrrole nitrogens is 1. The Balaban J connectivity index is 3.22. The molecule has 1 N–H and O–H groups in total. The number of halogens is 2. The van der Waals surface area contributed by atoms with E-state index in [1.165, 1.54) is 5.46 Å². The molecule has 0 radical (unpaired) electrons. The van der Waals surface area contributed by atoms with Crippen LogP contribution < -0.4 is 5.46 Å². The zero-order valence-corrected chi connectivity index (χ0v) is 10.3. The number of carbonyl (C=O) groups is 1. The molecule has 0 aliphatic rings. The molecule has 1 aromatic heterocycles. The summed E-state index contributed by atoms with van der Waals surface area (Å²) in [5.74, 6) is 0. The summed E-state index contributed by atoms with van der Waals surface area (Å²) < 4.78 is 1.97. The first kappa shape index (κ1) is 9.56. The number of aromatic nitrogens is 1. The van der Waals surface area contributed by atoms with E-state index in [0.29, 0.717) is 5.69 Å². The lowest BCUT2D eigenvalue weighted by atomic mass is 9.97. The van der Waals surface area contributed by atoms with E-state index in [1.54, 1.807) is 0 Å². The first-order valence-corrected chi connectivity index (χ1v) is 5.69. The van der Waals surface area contributed by atoms with E-state index in [-0.39, 0.29) is 0 Å². The molecule has 0 aromatic carbocycles. The molecule has 0 spiro atoms. The first-order valence-electron chi connectivity index (χ1n) is 3.08. The lowest BCUT2D eigenvalue weighted by Crippen LogP contribution is -2.08. The summed E-state index contributed by atoms with van der Waals surface area (Å²) in [6.45, 7) is 0. The van der Waals surface area contributed by atoms with Crippen molar-refractivity contribution in [2.24, 2.45) is 0 Å². The summed E-state index contributed by atoms with van der Waals surface area (Å²) in [5.41, 5.74) is 3.05. The number of aldehydes is 1. The fraction of sp³-hybridized carbons (Fsp3) is 0.167. The summed E-state index contributed by atoms with van der Waals surface area (Å²) in [6, 6.07) is 0. The number of nitrogens with one attached hydrogen (secondary N) is 1. The van der Waals surface area contributed by atoms with Gasteiger partial charge in [0.25, 0.3) is 0 Å². The Morgan fingerprint density at radius 1 is 1.64 bits per heavy atom. The van der Waals surface area contributed by atoms with Crippen molar-refractivity contribution in [3.63, 3.8) is 0 Å². The van der Waals surface area contributed by atoms with Crippen LogP contribution in [0.4, 0.5) is 0 Å². The van der Waals surface area contributed by atoms with Crippen LogP contribution in [0.3, 0.4) is 0 Å². The van der Waals surface area contributed by atoms with Crippen LogP contribution in [-0.4, -0.2) is 19.1 Å². The Bertz CT molecular complexity index is 284. The van der Waals surface area contributed by atoms with Gasteiger partial charge >= 0.3 is 0 Å². The van der Waals surface area contributed by atoms with Gasteiger partial charge in [-0.25, -0.2) is 0 Å². The number of carbonyl (C=O) groups excluding carboxylic acids is 1. The standard InChI is InChI=1S/C6H6BI2NO/c7-5-3(1-8)10-4(2-11)6(5)9/h2,10H,1,7H2. The van der Waals surface area contributed by atoms with Gasteiger partial charge in [-0.3, -0.25) is 4.79 Å². The molecule has 5 heteroatoms. The Morgan fingerprint density at radius 3 is 2.55 bits per heavy atom. The Labute approximate surface area is 93.2 Å². The second kappa shape index (κ2) is 3.93. The minimum Gasteiger partial charge on any atom is -0.355 e. The predicted octanol–water partition coefficient (Wildman–Crippen LogP) is 0.625. The molecule has 0 unspecified atom stereocenters. The van der Waals surface area contributed by atoms with Gasteiger partial charge in [0.2, 0.25) is 0 Å². The molecule has 0 atom stereocenters. The third-order valence-corrected chi connectivity index (χ3v) is 3.71. The maximum atomic E-state index is 10.5. The Morgan fingerprint density at radius 2 is 2.27 bits per heavy atom. The smallest absolute Gasteiger partial charge is 0.167 e. The Kier molecular flexibility index (Phi) is 3.41. The van der Waals surface area contributed by atoms with Crippen LogP contribution in [0.5, 0.6) is 0 Å². The third-order valence-electron chi connectivity index (χ3n) is 1.56. The summed E-state index contributed by atoms with van der Waals surface area (Å²) in [6.07, 6.45) is 0.866. The van der Waals surface area contributed by atoms with Gasteiger partial charge in [0.05, 0.1) is 5.69 Å². The van der Waals surface area contributed by atoms with Crippen LogP contribution in [0.25, 0.3) is 0 Å². The molecule has 1 rings (SSSR count). The van der Waals surface area contributed by atoms with Crippen molar-refractivity contribution in [1.82, 2.24) is 4.98 Å². The van der Waals surface area contributed by atoms with E-state index in [1.807, 2.05) is 7.85 Å². The molecule has 0 amide bonds. The van der Waals surface area contributed by atoms with Crippen LogP contribution >= 0.6 is 45.2 Å². The summed E-state index contributed by atoms with van der Waals surface area (Å²) in [4.78, 5) is 13.5. The molecule has 0 saturated heterocycles. The number of alkyl halides is 1.